The zero-order chi connectivity index (χ0) is 14.0. The highest BCUT2D eigenvalue weighted by atomic mass is 16.4. The fraction of sp³-hybridized carbons (Fsp3) is 0.786. The number of nitrogens with zero attached hydrogens (tertiary/aromatic N) is 1. The van der Waals surface area contributed by atoms with Gasteiger partial charge in [-0.1, -0.05) is 32.3 Å². The minimum atomic E-state index is -0.238. The molecule has 0 aliphatic heterocycles. The van der Waals surface area contributed by atoms with Crippen molar-refractivity contribution in [3.63, 3.8) is 0 Å². The van der Waals surface area contributed by atoms with E-state index in [-0.39, 0.29) is 5.41 Å². The second-order valence-corrected chi connectivity index (χ2v) is 5.29. The number of oxime groups is 1. The van der Waals surface area contributed by atoms with Crippen LogP contribution in [0.5, 0.6) is 0 Å². The van der Waals surface area contributed by atoms with Gasteiger partial charge in [0.25, 0.3) is 0 Å². The van der Waals surface area contributed by atoms with Crippen molar-refractivity contribution in [1.82, 2.24) is 5.32 Å². The van der Waals surface area contributed by atoms with Crippen molar-refractivity contribution in [2.24, 2.45) is 16.3 Å². The molecule has 0 spiro atoms. The third-order valence-electron chi connectivity index (χ3n) is 3.32. The molecule has 1 atom stereocenters. The monoisotopic (exact) mass is 253 g/mol. The van der Waals surface area contributed by atoms with E-state index in [2.05, 4.69) is 23.3 Å². The minimum Gasteiger partial charge on any atom is -0.409 e. The zero-order valence-electron chi connectivity index (χ0n) is 11.9. The van der Waals surface area contributed by atoms with Gasteiger partial charge in [-0.25, -0.2) is 0 Å². The lowest BCUT2D eigenvalue weighted by molar-refractivity contribution is 0.304. The summed E-state index contributed by atoms with van der Waals surface area (Å²) in [6, 6.07) is 0.423. The summed E-state index contributed by atoms with van der Waals surface area (Å²) in [7, 11) is 0. The standard InChI is InChI=1S/C14H27N3O/c1-5-9-12(6-2)16-11-8-7-10-14(3,4)13(15)17-18/h1,12,16,18H,6-11H2,2-4H3,(H2,15,17). The van der Waals surface area contributed by atoms with Gasteiger partial charge in [0.1, 0.15) is 5.84 Å². The molecule has 0 fully saturated rings. The molecule has 4 N–H and O–H groups in total. The predicted octanol–water partition coefficient (Wildman–Crippen LogP) is 2.32. The molecule has 0 aromatic carbocycles. The van der Waals surface area contributed by atoms with Gasteiger partial charge in [0.15, 0.2) is 0 Å². The van der Waals surface area contributed by atoms with E-state index in [9.17, 15) is 0 Å². The van der Waals surface area contributed by atoms with Crippen LogP contribution in [0.15, 0.2) is 5.16 Å². The smallest absolute Gasteiger partial charge is 0.144 e. The Balaban J connectivity index is 3.78. The highest BCUT2D eigenvalue weighted by Gasteiger charge is 2.22. The van der Waals surface area contributed by atoms with Crippen LogP contribution in [0.1, 0.15) is 52.9 Å². The first-order valence-corrected chi connectivity index (χ1v) is 6.62. The molecule has 18 heavy (non-hydrogen) atoms. The fourth-order valence-electron chi connectivity index (χ4n) is 1.76. The molecule has 0 saturated carbocycles. The van der Waals surface area contributed by atoms with Crippen molar-refractivity contribution in [2.75, 3.05) is 6.54 Å². The van der Waals surface area contributed by atoms with Gasteiger partial charge in [-0.15, -0.1) is 12.3 Å². The number of unbranched alkanes of at least 4 members (excludes halogenated alkanes) is 1. The van der Waals surface area contributed by atoms with Crippen LogP contribution in [0.25, 0.3) is 0 Å². The quantitative estimate of drug-likeness (QED) is 0.147. The minimum absolute atomic E-state index is 0.238. The third-order valence-corrected chi connectivity index (χ3v) is 3.32. The lowest BCUT2D eigenvalue weighted by atomic mass is 9.86. The molecule has 0 radical (unpaired) electrons. The molecule has 4 nitrogen and oxygen atoms in total. The second-order valence-electron chi connectivity index (χ2n) is 5.29. The van der Waals surface area contributed by atoms with Gasteiger partial charge in [-0.2, -0.15) is 0 Å². The predicted molar refractivity (Wildman–Crippen MR) is 76.6 cm³/mol. The Bertz CT molecular complexity index is 292. The van der Waals surface area contributed by atoms with Crippen molar-refractivity contribution in [3.05, 3.63) is 0 Å². The molecule has 0 rings (SSSR count). The number of terminal acetylenes is 1. The average molecular weight is 253 g/mol. The largest absolute Gasteiger partial charge is 0.409 e. The number of amidine groups is 1. The van der Waals surface area contributed by atoms with Gasteiger partial charge >= 0.3 is 0 Å². The first kappa shape index (κ1) is 16.8. The number of hydrogen-bond donors (Lipinski definition) is 3. The van der Waals surface area contributed by atoms with E-state index in [4.69, 9.17) is 17.4 Å². The van der Waals surface area contributed by atoms with Crippen LogP contribution in [-0.4, -0.2) is 23.6 Å². The van der Waals surface area contributed by atoms with Crippen LogP contribution in [0.2, 0.25) is 0 Å². The maximum atomic E-state index is 8.67. The van der Waals surface area contributed by atoms with E-state index in [1.54, 1.807) is 0 Å². The molecule has 0 bridgehead atoms. The Hall–Kier alpha value is -1.21. The molecule has 0 amide bonds. The first-order valence-electron chi connectivity index (χ1n) is 6.62. The summed E-state index contributed by atoms with van der Waals surface area (Å²) in [5.41, 5.74) is 5.40. The molecule has 1 unspecified atom stereocenters. The molecule has 0 saturated heterocycles. The van der Waals surface area contributed by atoms with Crippen LogP contribution >= 0.6 is 0 Å². The van der Waals surface area contributed by atoms with Crippen LogP contribution in [0, 0.1) is 17.8 Å². The third kappa shape index (κ3) is 6.51. The second kappa shape index (κ2) is 8.82. The van der Waals surface area contributed by atoms with E-state index in [1.165, 1.54) is 0 Å². The Kier molecular flexibility index (Phi) is 8.23. The van der Waals surface area contributed by atoms with Gasteiger partial charge in [0.05, 0.1) is 0 Å². The van der Waals surface area contributed by atoms with E-state index in [0.717, 1.165) is 38.6 Å². The Morgan fingerprint density at radius 1 is 1.50 bits per heavy atom. The summed E-state index contributed by atoms with van der Waals surface area (Å²) in [6.07, 6.45) is 10.2. The molecule has 104 valence electrons. The highest BCUT2D eigenvalue weighted by molar-refractivity contribution is 5.85. The highest BCUT2D eigenvalue weighted by Crippen LogP contribution is 2.23. The van der Waals surface area contributed by atoms with Crippen LogP contribution in [0.4, 0.5) is 0 Å². The van der Waals surface area contributed by atoms with Gasteiger partial charge in [-0.05, 0) is 25.8 Å². The van der Waals surface area contributed by atoms with Crippen LogP contribution in [0.3, 0.4) is 0 Å². The zero-order valence-corrected chi connectivity index (χ0v) is 11.9. The Morgan fingerprint density at radius 2 is 2.17 bits per heavy atom. The molecule has 0 aromatic heterocycles. The van der Waals surface area contributed by atoms with Gasteiger partial charge in [0, 0.05) is 17.9 Å². The maximum absolute atomic E-state index is 8.67. The van der Waals surface area contributed by atoms with Crippen LogP contribution < -0.4 is 11.1 Å². The number of nitrogens with two attached hydrogens (primary N) is 1. The molecule has 0 aliphatic rings. The molecule has 0 heterocycles. The lowest BCUT2D eigenvalue weighted by Crippen LogP contribution is -2.32. The SMILES string of the molecule is C#CCC(CC)NCCCCC(C)(C)C(N)=NO. The van der Waals surface area contributed by atoms with Crippen molar-refractivity contribution >= 4 is 5.84 Å². The molecular weight excluding hydrogens is 226 g/mol. The molecule has 0 aromatic rings. The summed E-state index contributed by atoms with van der Waals surface area (Å²) in [4.78, 5) is 0. The molecular formula is C14H27N3O. The number of rotatable bonds is 9. The summed E-state index contributed by atoms with van der Waals surface area (Å²) in [5.74, 6) is 2.98. The fourth-order valence-corrected chi connectivity index (χ4v) is 1.76. The van der Waals surface area contributed by atoms with Crippen molar-refractivity contribution in [3.8, 4) is 12.3 Å². The van der Waals surface area contributed by atoms with Crippen molar-refractivity contribution in [2.45, 2.75) is 58.9 Å². The maximum Gasteiger partial charge on any atom is 0.144 e. The summed E-state index contributed by atoms with van der Waals surface area (Å²) < 4.78 is 0. The van der Waals surface area contributed by atoms with Crippen molar-refractivity contribution < 1.29 is 5.21 Å². The van der Waals surface area contributed by atoms with E-state index >= 15 is 0 Å². The lowest BCUT2D eigenvalue weighted by Gasteiger charge is -2.22. The van der Waals surface area contributed by atoms with E-state index < -0.39 is 0 Å². The van der Waals surface area contributed by atoms with Gasteiger partial charge in [0.2, 0.25) is 0 Å². The van der Waals surface area contributed by atoms with E-state index in [1.807, 2.05) is 13.8 Å². The number of nitrogens with one attached hydrogen (secondary N) is 1. The van der Waals surface area contributed by atoms with E-state index in [0.29, 0.717) is 11.9 Å². The summed E-state index contributed by atoms with van der Waals surface area (Å²) in [5, 5.41) is 15.2. The Labute approximate surface area is 111 Å². The summed E-state index contributed by atoms with van der Waals surface area (Å²) in [6.45, 7) is 7.08. The molecule has 0 aliphatic carbocycles. The Morgan fingerprint density at radius 3 is 2.67 bits per heavy atom. The average Bonchev–Trinajstić information content (AvgIpc) is 2.35. The summed E-state index contributed by atoms with van der Waals surface area (Å²) >= 11 is 0. The normalized spacial score (nSPS) is 14.2. The van der Waals surface area contributed by atoms with Crippen LogP contribution in [-0.2, 0) is 0 Å². The number of hydrogen-bond acceptors (Lipinski definition) is 3. The van der Waals surface area contributed by atoms with Gasteiger partial charge in [-0.3, -0.25) is 0 Å². The first-order chi connectivity index (χ1) is 8.47. The molecule has 4 heteroatoms. The topological polar surface area (TPSA) is 70.6 Å². The van der Waals surface area contributed by atoms with Crippen molar-refractivity contribution in [1.29, 1.82) is 0 Å². The van der Waals surface area contributed by atoms with Gasteiger partial charge < -0.3 is 16.3 Å².